The minimum absolute atomic E-state index is 0.504. The van der Waals surface area contributed by atoms with Crippen molar-refractivity contribution in [2.45, 2.75) is 70.9 Å². The smallest absolute Gasteiger partial charge is 0.191 e. The minimum atomic E-state index is 0.504. The van der Waals surface area contributed by atoms with Crippen LogP contribution >= 0.6 is 11.3 Å². The first-order chi connectivity index (χ1) is 13.2. The van der Waals surface area contributed by atoms with E-state index in [1.807, 2.05) is 19.0 Å². The number of ether oxygens (including phenoxy) is 1. The second-order valence-electron chi connectivity index (χ2n) is 7.33. The average molecular weight is 396 g/mol. The predicted octanol–water partition coefficient (Wildman–Crippen LogP) is 3.78. The normalized spacial score (nSPS) is 16.2. The van der Waals surface area contributed by atoms with Gasteiger partial charge in [-0.3, -0.25) is 0 Å². The van der Waals surface area contributed by atoms with Crippen LogP contribution in [-0.2, 0) is 11.3 Å². The number of unbranched alkanes of at least 4 members (excludes halogenated alkanes) is 1. The van der Waals surface area contributed by atoms with E-state index in [-0.39, 0.29) is 0 Å². The third-order valence-electron chi connectivity index (χ3n) is 4.68. The molecule has 1 aromatic rings. The van der Waals surface area contributed by atoms with Crippen molar-refractivity contribution in [2.24, 2.45) is 4.99 Å². The number of aromatic nitrogens is 1. The molecule has 2 N–H and O–H groups in total. The fraction of sp³-hybridized carbons (Fsp3) is 0.800. The van der Waals surface area contributed by atoms with E-state index < -0.39 is 0 Å². The lowest BCUT2D eigenvalue weighted by atomic mass is 10.1. The number of hydrogen-bond donors (Lipinski definition) is 2. The van der Waals surface area contributed by atoms with Gasteiger partial charge in [-0.1, -0.05) is 25.7 Å². The van der Waals surface area contributed by atoms with E-state index >= 15 is 0 Å². The van der Waals surface area contributed by atoms with Gasteiger partial charge in [0, 0.05) is 39.2 Å². The van der Waals surface area contributed by atoms with E-state index in [1.54, 1.807) is 11.3 Å². The quantitative estimate of drug-likeness (QED) is 0.273. The molecule has 0 radical (unpaired) electrons. The van der Waals surface area contributed by atoms with Gasteiger partial charge in [-0.25, -0.2) is 9.98 Å². The van der Waals surface area contributed by atoms with E-state index in [4.69, 9.17) is 4.74 Å². The predicted molar refractivity (Wildman–Crippen MR) is 116 cm³/mol. The van der Waals surface area contributed by atoms with E-state index in [9.17, 15) is 0 Å². The van der Waals surface area contributed by atoms with E-state index in [1.165, 1.54) is 38.5 Å². The Morgan fingerprint density at radius 3 is 2.67 bits per heavy atom. The molecule has 6 nitrogen and oxygen atoms in total. The van der Waals surface area contributed by atoms with Gasteiger partial charge in [0.1, 0.15) is 0 Å². The molecule has 27 heavy (non-hydrogen) atoms. The topological polar surface area (TPSA) is 61.8 Å². The highest BCUT2D eigenvalue weighted by Gasteiger charge is 2.11. The molecule has 1 saturated carbocycles. The Kier molecular flexibility index (Phi) is 10.5. The maximum absolute atomic E-state index is 6.06. The largest absolute Gasteiger partial charge is 0.378 e. The minimum Gasteiger partial charge on any atom is -0.378 e. The molecule has 1 aliphatic carbocycles. The van der Waals surface area contributed by atoms with Crippen LogP contribution < -0.4 is 15.5 Å². The first kappa shape index (κ1) is 22.0. The van der Waals surface area contributed by atoms with Crippen molar-refractivity contribution in [2.75, 3.05) is 38.7 Å². The molecular weight excluding hydrogens is 358 g/mol. The van der Waals surface area contributed by atoms with Gasteiger partial charge in [-0.2, -0.15) is 0 Å². The number of aliphatic imine (C=N–C) groups is 1. The summed E-state index contributed by atoms with van der Waals surface area (Å²) >= 11 is 1.65. The molecule has 0 atom stereocenters. The summed E-state index contributed by atoms with van der Waals surface area (Å²) in [5, 5.41) is 9.82. The van der Waals surface area contributed by atoms with Crippen molar-refractivity contribution in [1.29, 1.82) is 0 Å². The van der Waals surface area contributed by atoms with Gasteiger partial charge in [0.2, 0.25) is 0 Å². The van der Waals surface area contributed by atoms with Crippen molar-refractivity contribution in [3.8, 4) is 0 Å². The third-order valence-corrected chi connectivity index (χ3v) is 5.74. The molecule has 0 spiro atoms. The van der Waals surface area contributed by atoms with Crippen molar-refractivity contribution >= 4 is 22.4 Å². The van der Waals surface area contributed by atoms with Gasteiger partial charge in [0.05, 0.1) is 18.3 Å². The van der Waals surface area contributed by atoms with Crippen LogP contribution in [0.5, 0.6) is 0 Å². The van der Waals surface area contributed by atoms with Crippen LogP contribution in [0.3, 0.4) is 0 Å². The summed E-state index contributed by atoms with van der Waals surface area (Å²) in [6, 6.07) is 0. The molecule has 2 rings (SSSR count). The second-order valence-corrected chi connectivity index (χ2v) is 8.17. The van der Waals surface area contributed by atoms with E-state index in [0.29, 0.717) is 12.6 Å². The highest BCUT2D eigenvalue weighted by atomic mass is 32.1. The number of thiazole rings is 1. The van der Waals surface area contributed by atoms with Gasteiger partial charge >= 0.3 is 0 Å². The molecule has 0 amide bonds. The van der Waals surface area contributed by atoms with Crippen LogP contribution in [0.2, 0.25) is 0 Å². The first-order valence-corrected chi connectivity index (χ1v) is 11.3. The number of guanidine groups is 1. The van der Waals surface area contributed by atoms with Crippen LogP contribution in [-0.4, -0.2) is 50.8 Å². The van der Waals surface area contributed by atoms with E-state index in [2.05, 4.69) is 32.9 Å². The van der Waals surface area contributed by atoms with Gasteiger partial charge in [-0.05, 0) is 32.6 Å². The molecule has 1 fully saturated rings. The molecule has 0 aliphatic heterocycles. The third kappa shape index (κ3) is 8.93. The molecule has 0 aromatic carbocycles. The molecule has 0 saturated heterocycles. The highest BCUT2D eigenvalue weighted by molar-refractivity contribution is 7.13. The number of nitrogens with one attached hydrogen (secondary N) is 2. The average Bonchev–Trinajstić information content (AvgIpc) is 2.99. The number of anilines is 1. The summed E-state index contributed by atoms with van der Waals surface area (Å²) in [5.74, 6) is 0.863. The number of hydrogen-bond acceptors (Lipinski definition) is 5. The summed E-state index contributed by atoms with van der Waals surface area (Å²) in [7, 11) is 4.02. The second kappa shape index (κ2) is 12.9. The molecule has 0 bridgehead atoms. The maximum Gasteiger partial charge on any atom is 0.191 e. The Bertz CT molecular complexity index is 538. The summed E-state index contributed by atoms with van der Waals surface area (Å²) in [4.78, 5) is 11.3. The van der Waals surface area contributed by atoms with Crippen molar-refractivity contribution in [1.82, 2.24) is 15.6 Å². The van der Waals surface area contributed by atoms with Crippen molar-refractivity contribution in [3.05, 3.63) is 11.1 Å². The number of rotatable bonds is 10. The Hall–Kier alpha value is -1.34. The molecule has 7 heteroatoms. The lowest BCUT2D eigenvalue weighted by molar-refractivity contribution is 0.0411. The molecule has 1 aromatic heterocycles. The van der Waals surface area contributed by atoms with Crippen molar-refractivity contribution in [3.63, 3.8) is 0 Å². The van der Waals surface area contributed by atoms with Crippen molar-refractivity contribution < 1.29 is 4.74 Å². The maximum atomic E-state index is 6.06. The Labute approximate surface area is 168 Å². The molecule has 1 aliphatic rings. The number of nitrogens with zero attached hydrogens (tertiary/aromatic N) is 3. The Balaban J connectivity index is 1.63. The summed E-state index contributed by atoms with van der Waals surface area (Å²) < 4.78 is 6.06. The van der Waals surface area contributed by atoms with Crippen LogP contribution in [0.15, 0.2) is 10.4 Å². The lowest BCUT2D eigenvalue weighted by Crippen LogP contribution is -2.37. The Morgan fingerprint density at radius 2 is 2.00 bits per heavy atom. The fourth-order valence-corrected chi connectivity index (χ4v) is 3.92. The van der Waals surface area contributed by atoms with Gasteiger partial charge in [-0.15, -0.1) is 11.3 Å². The zero-order valence-electron chi connectivity index (χ0n) is 17.3. The van der Waals surface area contributed by atoms with Crippen LogP contribution in [0.4, 0.5) is 5.13 Å². The van der Waals surface area contributed by atoms with Crippen LogP contribution in [0.1, 0.15) is 64.0 Å². The SMILES string of the molecule is CCNC(=NCc1csc(N(C)C)n1)NCCCCOC1CCCCCC1. The van der Waals surface area contributed by atoms with Crippen LogP contribution in [0.25, 0.3) is 0 Å². The van der Waals surface area contributed by atoms with Gasteiger partial charge in [0.25, 0.3) is 0 Å². The van der Waals surface area contributed by atoms with Gasteiger partial charge < -0.3 is 20.3 Å². The van der Waals surface area contributed by atoms with E-state index in [0.717, 1.165) is 49.3 Å². The first-order valence-electron chi connectivity index (χ1n) is 10.4. The fourth-order valence-electron chi connectivity index (χ4n) is 3.17. The molecule has 154 valence electrons. The zero-order chi connectivity index (χ0) is 19.3. The van der Waals surface area contributed by atoms with Crippen LogP contribution in [0, 0.1) is 0 Å². The molecule has 1 heterocycles. The Morgan fingerprint density at radius 1 is 1.22 bits per heavy atom. The standard InChI is InChI=1S/C20H37N5OS/c1-4-21-19(23-15-17-16-27-20(24-17)25(2)3)22-13-9-10-14-26-18-11-7-5-6-8-12-18/h16,18H,4-15H2,1-3H3,(H2,21,22,23). The summed E-state index contributed by atoms with van der Waals surface area (Å²) in [6.07, 6.45) is 10.6. The summed E-state index contributed by atoms with van der Waals surface area (Å²) in [5.41, 5.74) is 1.01. The van der Waals surface area contributed by atoms with Gasteiger partial charge in [0.15, 0.2) is 11.1 Å². The molecule has 0 unspecified atom stereocenters. The monoisotopic (exact) mass is 395 g/mol. The highest BCUT2D eigenvalue weighted by Crippen LogP contribution is 2.20. The summed E-state index contributed by atoms with van der Waals surface area (Å²) in [6.45, 7) is 5.35. The molecular formula is C20H37N5OS. The zero-order valence-corrected chi connectivity index (χ0v) is 18.1. The lowest BCUT2D eigenvalue weighted by Gasteiger charge is -2.15.